The van der Waals surface area contributed by atoms with Crippen molar-refractivity contribution in [1.29, 1.82) is 0 Å². The molecule has 1 aromatic rings. The standard InChI is InChI=1S/C12H16ClNO2/c1-9-2-3-11(16-9)12(15)14-6-4-10(8-13)5-7-14/h2-3,10H,4-8H2,1H3. The van der Waals surface area contributed by atoms with Crippen LogP contribution < -0.4 is 0 Å². The number of likely N-dealkylation sites (tertiary alicyclic amines) is 1. The first-order valence-electron chi connectivity index (χ1n) is 5.62. The molecule has 1 saturated heterocycles. The van der Waals surface area contributed by atoms with E-state index in [2.05, 4.69) is 0 Å². The number of carbonyl (C=O) groups excluding carboxylic acids is 1. The Morgan fingerprint density at radius 2 is 2.19 bits per heavy atom. The Labute approximate surface area is 100 Å². The predicted molar refractivity (Wildman–Crippen MR) is 62.8 cm³/mol. The lowest BCUT2D eigenvalue weighted by atomic mass is 9.99. The summed E-state index contributed by atoms with van der Waals surface area (Å²) in [6.07, 6.45) is 1.99. The lowest BCUT2D eigenvalue weighted by Gasteiger charge is -2.30. The second-order valence-electron chi connectivity index (χ2n) is 4.30. The molecule has 88 valence electrons. The Morgan fingerprint density at radius 3 is 2.69 bits per heavy atom. The minimum Gasteiger partial charge on any atom is -0.456 e. The quantitative estimate of drug-likeness (QED) is 0.746. The van der Waals surface area contributed by atoms with E-state index in [0.717, 1.165) is 31.7 Å². The van der Waals surface area contributed by atoms with Crippen LogP contribution in [0.3, 0.4) is 0 Å². The van der Waals surface area contributed by atoms with Gasteiger partial charge in [0, 0.05) is 19.0 Å². The lowest BCUT2D eigenvalue weighted by molar-refractivity contribution is 0.0664. The molecule has 1 aliphatic heterocycles. The van der Waals surface area contributed by atoms with Crippen molar-refractivity contribution in [2.75, 3.05) is 19.0 Å². The SMILES string of the molecule is Cc1ccc(C(=O)N2CCC(CCl)CC2)o1. The molecule has 1 aromatic heterocycles. The normalized spacial score (nSPS) is 17.8. The highest BCUT2D eigenvalue weighted by atomic mass is 35.5. The average molecular weight is 242 g/mol. The Kier molecular flexibility index (Phi) is 3.54. The molecule has 0 saturated carbocycles. The number of halogens is 1. The van der Waals surface area contributed by atoms with Crippen LogP contribution >= 0.6 is 11.6 Å². The maximum absolute atomic E-state index is 12.0. The van der Waals surface area contributed by atoms with Crippen LogP contribution in [0.15, 0.2) is 16.5 Å². The molecule has 2 rings (SSSR count). The summed E-state index contributed by atoms with van der Waals surface area (Å²) in [7, 11) is 0. The summed E-state index contributed by atoms with van der Waals surface area (Å²) in [6, 6.07) is 3.56. The highest BCUT2D eigenvalue weighted by Gasteiger charge is 2.24. The summed E-state index contributed by atoms with van der Waals surface area (Å²) in [6.45, 7) is 3.42. The molecule has 16 heavy (non-hydrogen) atoms. The topological polar surface area (TPSA) is 33.5 Å². The number of furan rings is 1. The van der Waals surface area contributed by atoms with Crippen molar-refractivity contribution in [3.05, 3.63) is 23.7 Å². The molecular formula is C12H16ClNO2. The molecule has 1 aliphatic rings. The van der Waals surface area contributed by atoms with Gasteiger partial charge < -0.3 is 9.32 Å². The van der Waals surface area contributed by atoms with Gasteiger partial charge in [-0.1, -0.05) is 0 Å². The maximum atomic E-state index is 12.0. The zero-order valence-electron chi connectivity index (χ0n) is 9.41. The van der Waals surface area contributed by atoms with Gasteiger partial charge in [-0.3, -0.25) is 4.79 Å². The Morgan fingerprint density at radius 1 is 1.50 bits per heavy atom. The Balaban J connectivity index is 1.96. The van der Waals surface area contributed by atoms with Gasteiger partial charge in [0.15, 0.2) is 5.76 Å². The van der Waals surface area contributed by atoms with E-state index in [0.29, 0.717) is 17.6 Å². The molecule has 2 heterocycles. The third-order valence-corrected chi connectivity index (χ3v) is 3.51. The van der Waals surface area contributed by atoms with Gasteiger partial charge in [0.2, 0.25) is 0 Å². The van der Waals surface area contributed by atoms with Crippen LogP contribution in [0.5, 0.6) is 0 Å². The van der Waals surface area contributed by atoms with E-state index in [4.69, 9.17) is 16.0 Å². The van der Waals surface area contributed by atoms with E-state index in [1.165, 1.54) is 0 Å². The molecule has 3 nitrogen and oxygen atoms in total. The van der Waals surface area contributed by atoms with Gasteiger partial charge in [-0.25, -0.2) is 0 Å². The smallest absolute Gasteiger partial charge is 0.289 e. The van der Waals surface area contributed by atoms with Crippen LogP contribution in [0.25, 0.3) is 0 Å². The fourth-order valence-electron chi connectivity index (χ4n) is 2.00. The lowest BCUT2D eigenvalue weighted by Crippen LogP contribution is -2.38. The van der Waals surface area contributed by atoms with Gasteiger partial charge in [-0.15, -0.1) is 11.6 Å². The molecule has 0 unspecified atom stereocenters. The van der Waals surface area contributed by atoms with Crippen molar-refractivity contribution in [2.24, 2.45) is 5.92 Å². The zero-order chi connectivity index (χ0) is 11.5. The highest BCUT2D eigenvalue weighted by Crippen LogP contribution is 2.20. The van der Waals surface area contributed by atoms with Gasteiger partial charge >= 0.3 is 0 Å². The fourth-order valence-corrected chi connectivity index (χ4v) is 2.30. The second-order valence-corrected chi connectivity index (χ2v) is 4.61. The summed E-state index contributed by atoms with van der Waals surface area (Å²) in [5, 5.41) is 0. The third kappa shape index (κ3) is 2.40. The van der Waals surface area contributed by atoms with Crippen LogP contribution in [0.2, 0.25) is 0 Å². The van der Waals surface area contributed by atoms with Gasteiger partial charge in [0.1, 0.15) is 5.76 Å². The largest absolute Gasteiger partial charge is 0.456 e. The van der Waals surface area contributed by atoms with Crippen molar-refractivity contribution < 1.29 is 9.21 Å². The van der Waals surface area contributed by atoms with Crippen LogP contribution in [-0.4, -0.2) is 29.8 Å². The number of piperidine rings is 1. The van der Waals surface area contributed by atoms with Crippen molar-refractivity contribution in [3.8, 4) is 0 Å². The number of rotatable bonds is 2. The number of hydrogen-bond donors (Lipinski definition) is 0. The Bertz CT molecular complexity index is 367. The van der Waals surface area contributed by atoms with Gasteiger partial charge in [-0.2, -0.15) is 0 Å². The van der Waals surface area contributed by atoms with Gasteiger partial charge in [-0.05, 0) is 37.8 Å². The van der Waals surface area contributed by atoms with Crippen LogP contribution in [0.1, 0.15) is 29.2 Å². The monoisotopic (exact) mass is 241 g/mol. The summed E-state index contributed by atoms with van der Waals surface area (Å²) in [4.78, 5) is 13.9. The van der Waals surface area contributed by atoms with E-state index >= 15 is 0 Å². The number of aryl methyl sites for hydroxylation is 1. The predicted octanol–water partition coefficient (Wildman–Crippen LogP) is 2.68. The molecule has 1 amide bonds. The number of hydrogen-bond acceptors (Lipinski definition) is 2. The van der Waals surface area contributed by atoms with E-state index in [1.54, 1.807) is 6.07 Å². The first kappa shape index (κ1) is 11.5. The molecule has 0 N–H and O–H groups in total. The molecular weight excluding hydrogens is 226 g/mol. The van der Waals surface area contributed by atoms with Crippen LogP contribution in [0.4, 0.5) is 0 Å². The van der Waals surface area contributed by atoms with Crippen LogP contribution in [-0.2, 0) is 0 Å². The zero-order valence-corrected chi connectivity index (χ0v) is 10.2. The molecule has 0 bridgehead atoms. The second kappa shape index (κ2) is 4.91. The Hall–Kier alpha value is -0.960. The number of amides is 1. The van der Waals surface area contributed by atoms with E-state index in [1.807, 2.05) is 17.9 Å². The number of alkyl halides is 1. The third-order valence-electron chi connectivity index (χ3n) is 3.07. The molecule has 0 spiro atoms. The van der Waals surface area contributed by atoms with Crippen molar-refractivity contribution in [3.63, 3.8) is 0 Å². The number of carbonyl (C=O) groups is 1. The summed E-state index contributed by atoms with van der Waals surface area (Å²) >= 11 is 5.81. The summed E-state index contributed by atoms with van der Waals surface area (Å²) < 4.78 is 5.33. The van der Waals surface area contributed by atoms with E-state index < -0.39 is 0 Å². The molecule has 0 atom stereocenters. The molecule has 0 aliphatic carbocycles. The van der Waals surface area contributed by atoms with E-state index in [9.17, 15) is 4.79 Å². The van der Waals surface area contributed by atoms with Crippen LogP contribution in [0, 0.1) is 12.8 Å². The minimum absolute atomic E-state index is 0.00104. The van der Waals surface area contributed by atoms with Gasteiger partial charge in [0.25, 0.3) is 5.91 Å². The summed E-state index contributed by atoms with van der Waals surface area (Å²) in [5.41, 5.74) is 0. The van der Waals surface area contributed by atoms with Gasteiger partial charge in [0.05, 0.1) is 0 Å². The molecule has 0 radical (unpaired) electrons. The van der Waals surface area contributed by atoms with E-state index in [-0.39, 0.29) is 5.91 Å². The fraction of sp³-hybridized carbons (Fsp3) is 0.583. The molecule has 0 aromatic carbocycles. The first-order chi connectivity index (χ1) is 7.70. The maximum Gasteiger partial charge on any atom is 0.289 e. The van der Waals surface area contributed by atoms with Crippen molar-refractivity contribution >= 4 is 17.5 Å². The molecule has 4 heteroatoms. The molecule has 1 fully saturated rings. The highest BCUT2D eigenvalue weighted by molar-refractivity contribution is 6.18. The first-order valence-corrected chi connectivity index (χ1v) is 6.16. The van der Waals surface area contributed by atoms with Crippen molar-refractivity contribution in [1.82, 2.24) is 4.90 Å². The average Bonchev–Trinajstić information content (AvgIpc) is 2.75. The van der Waals surface area contributed by atoms with Crippen molar-refractivity contribution in [2.45, 2.75) is 19.8 Å². The summed E-state index contributed by atoms with van der Waals surface area (Å²) in [5.74, 6) is 2.48. The minimum atomic E-state index is 0.00104. The number of nitrogens with zero attached hydrogens (tertiary/aromatic N) is 1.